The smallest absolute Gasteiger partial charge is 0.406 e. The van der Waals surface area contributed by atoms with Crippen LogP contribution in [0.1, 0.15) is 47.1 Å². The number of nitrogens with zero attached hydrogens (tertiary/aromatic N) is 1. The number of carbonyl (C=O) groups is 2. The van der Waals surface area contributed by atoms with Gasteiger partial charge in [-0.1, -0.05) is 31.2 Å². The third-order valence-corrected chi connectivity index (χ3v) is 6.96. The van der Waals surface area contributed by atoms with Crippen molar-refractivity contribution in [2.24, 2.45) is 0 Å². The van der Waals surface area contributed by atoms with Gasteiger partial charge >= 0.3 is 6.36 Å². The summed E-state index contributed by atoms with van der Waals surface area (Å²) >= 11 is 0. The standard InChI is InChI=1S/C29H29F3N4O3/c1-2-19-16-22(27(37)33-12-15-36-13-3-4-14-36)25(34-19)17-23-26-21(6-5-7-24(26)35-28(23)38)18-8-10-20(11-9-18)39-29(30,31)32/h5-11,16-17,34H,2-4,12-15H2,1H3,(H,33,37)(H,35,38)/b23-17-. The van der Waals surface area contributed by atoms with Gasteiger partial charge in [0.2, 0.25) is 0 Å². The molecule has 0 spiro atoms. The van der Waals surface area contributed by atoms with Crippen LogP contribution in [0.4, 0.5) is 18.9 Å². The second kappa shape index (κ2) is 11.0. The molecule has 3 N–H and O–H groups in total. The van der Waals surface area contributed by atoms with Gasteiger partial charge in [-0.25, -0.2) is 0 Å². The lowest BCUT2D eigenvalue weighted by Gasteiger charge is -2.14. The summed E-state index contributed by atoms with van der Waals surface area (Å²) in [7, 11) is 0. The largest absolute Gasteiger partial charge is 0.573 e. The van der Waals surface area contributed by atoms with Crippen molar-refractivity contribution in [2.45, 2.75) is 32.5 Å². The molecule has 0 saturated carbocycles. The first-order valence-corrected chi connectivity index (χ1v) is 13.0. The van der Waals surface area contributed by atoms with Crippen LogP contribution < -0.4 is 15.4 Å². The molecule has 39 heavy (non-hydrogen) atoms. The Morgan fingerprint density at radius 1 is 1.13 bits per heavy atom. The van der Waals surface area contributed by atoms with Gasteiger partial charge in [0.05, 0.1) is 16.8 Å². The Morgan fingerprint density at radius 3 is 2.56 bits per heavy atom. The summed E-state index contributed by atoms with van der Waals surface area (Å²) in [6, 6.07) is 12.6. The topological polar surface area (TPSA) is 86.5 Å². The third kappa shape index (κ3) is 6.01. The summed E-state index contributed by atoms with van der Waals surface area (Å²) in [6.07, 6.45) is -0.0774. The second-order valence-electron chi connectivity index (χ2n) is 9.59. The first-order valence-electron chi connectivity index (χ1n) is 13.0. The lowest BCUT2D eigenvalue weighted by atomic mass is 9.94. The van der Waals surface area contributed by atoms with Crippen LogP contribution in [-0.2, 0) is 11.2 Å². The number of aryl methyl sites for hydroxylation is 1. The van der Waals surface area contributed by atoms with Gasteiger partial charge in [-0.3, -0.25) is 9.59 Å². The van der Waals surface area contributed by atoms with E-state index in [1.165, 1.54) is 37.1 Å². The van der Waals surface area contributed by atoms with Crippen molar-refractivity contribution >= 4 is 29.2 Å². The molecule has 3 aromatic rings. The number of hydrogen-bond donors (Lipinski definition) is 3. The number of benzene rings is 2. The summed E-state index contributed by atoms with van der Waals surface area (Å²) in [5, 5.41) is 5.85. The van der Waals surface area contributed by atoms with E-state index in [2.05, 4.69) is 25.3 Å². The predicted octanol–water partition coefficient (Wildman–Crippen LogP) is 5.46. The van der Waals surface area contributed by atoms with Gasteiger partial charge in [0, 0.05) is 30.0 Å². The highest BCUT2D eigenvalue weighted by Gasteiger charge is 2.31. The highest BCUT2D eigenvalue weighted by Crippen LogP contribution is 2.41. The van der Waals surface area contributed by atoms with Crippen LogP contribution >= 0.6 is 0 Å². The van der Waals surface area contributed by atoms with Crippen molar-refractivity contribution in [2.75, 3.05) is 31.5 Å². The summed E-state index contributed by atoms with van der Waals surface area (Å²) in [5.74, 6) is -0.880. The number of H-pyrrole nitrogens is 1. The van der Waals surface area contributed by atoms with Crippen LogP contribution in [0.2, 0.25) is 0 Å². The molecule has 204 valence electrons. The van der Waals surface area contributed by atoms with Gasteiger partial charge in [-0.2, -0.15) is 0 Å². The maximum atomic E-state index is 13.1. The minimum Gasteiger partial charge on any atom is -0.406 e. The fourth-order valence-electron chi connectivity index (χ4n) is 5.06. The van der Waals surface area contributed by atoms with E-state index in [1.807, 2.05) is 6.92 Å². The summed E-state index contributed by atoms with van der Waals surface area (Å²) < 4.78 is 41.8. The first-order chi connectivity index (χ1) is 18.7. The van der Waals surface area contributed by atoms with Crippen LogP contribution in [0, 0.1) is 0 Å². The fourth-order valence-corrected chi connectivity index (χ4v) is 5.06. The Labute approximate surface area is 224 Å². The third-order valence-electron chi connectivity index (χ3n) is 6.96. The number of nitrogens with one attached hydrogen (secondary N) is 3. The Bertz CT molecular complexity index is 1400. The van der Waals surface area contributed by atoms with Crippen molar-refractivity contribution in [1.29, 1.82) is 0 Å². The lowest BCUT2D eigenvalue weighted by Crippen LogP contribution is -2.33. The van der Waals surface area contributed by atoms with Crippen molar-refractivity contribution in [1.82, 2.24) is 15.2 Å². The quantitative estimate of drug-likeness (QED) is 0.333. The molecular formula is C29H29F3N4O3. The Hall–Kier alpha value is -4.05. The Kier molecular flexibility index (Phi) is 7.47. The van der Waals surface area contributed by atoms with Gasteiger partial charge < -0.3 is 25.3 Å². The van der Waals surface area contributed by atoms with Crippen LogP contribution in [0.15, 0.2) is 48.5 Å². The molecule has 2 amide bonds. The summed E-state index contributed by atoms with van der Waals surface area (Å²) in [6.45, 7) is 5.39. The Balaban J connectivity index is 1.45. The number of carbonyl (C=O) groups excluding carboxylic acids is 2. The molecule has 0 bridgehead atoms. The fraction of sp³-hybridized carbons (Fsp3) is 0.310. The SMILES string of the molecule is CCc1cc(C(=O)NCCN2CCCC2)c(/C=C2\C(=O)Nc3cccc(-c4ccc(OC(F)(F)F)cc4)c32)[nH]1. The molecule has 5 rings (SSSR count). The van der Waals surface area contributed by atoms with E-state index >= 15 is 0 Å². The average Bonchev–Trinajstić information content (AvgIpc) is 3.63. The minimum absolute atomic E-state index is 0.218. The number of ether oxygens (including phenoxy) is 1. The number of halogens is 3. The van der Waals surface area contributed by atoms with Crippen LogP contribution in [-0.4, -0.2) is 54.2 Å². The highest BCUT2D eigenvalue weighted by atomic mass is 19.4. The van der Waals surface area contributed by atoms with E-state index < -0.39 is 6.36 Å². The molecule has 10 heteroatoms. The molecule has 0 aliphatic carbocycles. The van der Waals surface area contributed by atoms with E-state index in [9.17, 15) is 22.8 Å². The normalized spacial score (nSPS) is 16.4. The molecule has 3 heterocycles. The van der Waals surface area contributed by atoms with E-state index in [1.54, 1.807) is 30.3 Å². The first kappa shape index (κ1) is 26.6. The number of hydrogen-bond acceptors (Lipinski definition) is 4. The van der Waals surface area contributed by atoms with Crippen LogP contribution in [0.3, 0.4) is 0 Å². The average molecular weight is 539 g/mol. The zero-order valence-corrected chi connectivity index (χ0v) is 21.5. The maximum absolute atomic E-state index is 13.1. The number of alkyl halides is 3. The predicted molar refractivity (Wildman–Crippen MR) is 143 cm³/mol. The number of amides is 2. The molecule has 1 fully saturated rings. The number of likely N-dealkylation sites (tertiary alicyclic amines) is 1. The number of rotatable bonds is 8. The number of fused-ring (bicyclic) bond motifs is 1. The summed E-state index contributed by atoms with van der Waals surface area (Å²) in [5.41, 5.74) is 4.66. The zero-order chi connectivity index (χ0) is 27.6. The lowest BCUT2D eigenvalue weighted by molar-refractivity contribution is -0.274. The van der Waals surface area contributed by atoms with Crippen LogP contribution in [0.25, 0.3) is 22.8 Å². The van der Waals surface area contributed by atoms with E-state index in [0.717, 1.165) is 25.3 Å². The molecule has 2 aliphatic rings. The molecule has 0 unspecified atom stereocenters. The minimum atomic E-state index is -4.78. The molecule has 7 nitrogen and oxygen atoms in total. The van der Waals surface area contributed by atoms with Gasteiger partial charge in [-0.15, -0.1) is 13.2 Å². The number of aromatic nitrogens is 1. The molecule has 2 aromatic carbocycles. The number of aromatic amines is 1. The van der Waals surface area contributed by atoms with Crippen molar-refractivity contribution < 1.29 is 27.5 Å². The highest BCUT2D eigenvalue weighted by molar-refractivity contribution is 6.36. The van der Waals surface area contributed by atoms with Gasteiger partial charge in [0.1, 0.15) is 5.75 Å². The van der Waals surface area contributed by atoms with Crippen molar-refractivity contribution in [3.05, 3.63) is 71.0 Å². The molecular weight excluding hydrogens is 509 g/mol. The molecule has 0 atom stereocenters. The van der Waals surface area contributed by atoms with Gasteiger partial charge in [0.25, 0.3) is 11.8 Å². The molecule has 0 radical (unpaired) electrons. The zero-order valence-electron chi connectivity index (χ0n) is 21.5. The van der Waals surface area contributed by atoms with Crippen molar-refractivity contribution in [3.63, 3.8) is 0 Å². The van der Waals surface area contributed by atoms with E-state index in [-0.39, 0.29) is 17.6 Å². The van der Waals surface area contributed by atoms with Gasteiger partial charge in [0.15, 0.2) is 0 Å². The van der Waals surface area contributed by atoms with Crippen molar-refractivity contribution in [3.8, 4) is 16.9 Å². The second-order valence-corrected chi connectivity index (χ2v) is 9.59. The van der Waals surface area contributed by atoms with E-state index in [4.69, 9.17) is 0 Å². The summed E-state index contributed by atoms with van der Waals surface area (Å²) in [4.78, 5) is 31.8. The van der Waals surface area contributed by atoms with Crippen LogP contribution in [0.5, 0.6) is 5.75 Å². The monoisotopic (exact) mass is 538 g/mol. The maximum Gasteiger partial charge on any atom is 0.573 e. The molecule has 1 saturated heterocycles. The Morgan fingerprint density at radius 2 is 1.87 bits per heavy atom. The van der Waals surface area contributed by atoms with E-state index in [0.29, 0.717) is 52.2 Å². The number of anilines is 1. The molecule has 1 aromatic heterocycles. The molecule has 2 aliphatic heterocycles. The van der Waals surface area contributed by atoms with Gasteiger partial charge in [-0.05, 0) is 73.8 Å².